The predicted octanol–water partition coefficient (Wildman–Crippen LogP) is 2.37. The van der Waals surface area contributed by atoms with Gasteiger partial charge in [-0.3, -0.25) is 0 Å². The van der Waals surface area contributed by atoms with E-state index in [0.29, 0.717) is 125 Å². The molecule has 0 N–H and O–H groups in total. The Morgan fingerprint density at radius 1 is 0.487 bits per heavy atom. The number of nitrogens with zero attached hydrogens (tertiary/aromatic N) is 6. The molecule has 0 rings (SSSR count). The molecule has 0 bridgehead atoms. The Morgan fingerprint density at radius 3 is 1.13 bits per heavy atom. The Morgan fingerprint density at radius 2 is 0.795 bits per heavy atom. The highest BCUT2D eigenvalue weighted by Gasteiger charge is 2.26. The molecule has 0 aromatic heterocycles. The Kier molecular flexibility index (Phi) is 29.4. The largest absolute Gasteiger partial charge is 0.379 e. The van der Waals surface area contributed by atoms with Gasteiger partial charge in [0, 0.05) is 35.4 Å². The smallest absolute Gasteiger partial charge is 0.146 e. The molecular weight excluding hydrogens is 520 g/mol. The monoisotopic (exact) mass is 566 g/mol. The van der Waals surface area contributed by atoms with Crippen LogP contribution < -0.4 is 0 Å². The Bertz CT molecular complexity index is 580. The van der Waals surface area contributed by atoms with Crippen molar-refractivity contribution in [3.05, 3.63) is 20.9 Å². The van der Waals surface area contributed by atoms with E-state index in [1.54, 1.807) is 7.11 Å². The van der Waals surface area contributed by atoms with E-state index in [9.17, 15) is 0 Å². The van der Waals surface area contributed by atoms with Gasteiger partial charge in [-0.05, 0) is 11.1 Å². The summed E-state index contributed by atoms with van der Waals surface area (Å²) in [6, 6.07) is 0. The van der Waals surface area contributed by atoms with Gasteiger partial charge in [-0.2, -0.15) is 0 Å². The lowest BCUT2D eigenvalue weighted by molar-refractivity contribution is -0.109. The van der Waals surface area contributed by atoms with E-state index in [1.807, 2.05) is 6.92 Å². The van der Waals surface area contributed by atoms with Gasteiger partial charge in [0.05, 0.1) is 112 Å². The molecular formula is C23H46N6O10. The van der Waals surface area contributed by atoms with Crippen molar-refractivity contribution in [2.45, 2.75) is 6.92 Å². The van der Waals surface area contributed by atoms with Crippen LogP contribution >= 0.6 is 0 Å². The molecule has 0 aromatic carbocycles. The minimum atomic E-state index is -0.359. The minimum absolute atomic E-state index is 0.194. The average molecular weight is 567 g/mol. The normalized spacial score (nSPS) is 12.6. The SMILES string of the molecule is COCOCC(C)(COCCOCCOCCOCCN=[N+]=[N-])COCCOCCOCCOCCN=[N+]=[N-]. The number of azide groups is 2. The van der Waals surface area contributed by atoms with Crippen LogP contribution in [0, 0.1) is 5.41 Å². The molecule has 228 valence electrons. The summed E-state index contributed by atoms with van der Waals surface area (Å²) in [5.41, 5.74) is 16.0. The van der Waals surface area contributed by atoms with E-state index in [2.05, 4.69) is 20.1 Å². The fourth-order valence-electron chi connectivity index (χ4n) is 2.75. The summed E-state index contributed by atoms with van der Waals surface area (Å²) in [5.74, 6) is 0. The number of ether oxygens (including phenoxy) is 10. The molecule has 0 amide bonds. The first kappa shape index (κ1) is 37.2. The van der Waals surface area contributed by atoms with E-state index >= 15 is 0 Å². The van der Waals surface area contributed by atoms with Crippen LogP contribution in [-0.4, -0.2) is 139 Å². The predicted molar refractivity (Wildman–Crippen MR) is 141 cm³/mol. The highest BCUT2D eigenvalue weighted by Crippen LogP contribution is 2.18. The van der Waals surface area contributed by atoms with Gasteiger partial charge in [-0.25, -0.2) is 0 Å². The van der Waals surface area contributed by atoms with Crippen LogP contribution in [0.2, 0.25) is 0 Å². The lowest BCUT2D eigenvalue weighted by atomic mass is 9.94. The van der Waals surface area contributed by atoms with Crippen LogP contribution in [-0.2, 0) is 47.4 Å². The minimum Gasteiger partial charge on any atom is -0.379 e. The van der Waals surface area contributed by atoms with Crippen molar-refractivity contribution in [3.8, 4) is 0 Å². The molecule has 0 heterocycles. The van der Waals surface area contributed by atoms with Crippen molar-refractivity contribution in [3.63, 3.8) is 0 Å². The van der Waals surface area contributed by atoms with Crippen molar-refractivity contribution >= 4 is 0 Å². The first-order chi connectivity index (χ1) is 19.2. The van der Waals surface area contributed by atoms with Gasteiger partial charge in [0.1, 0.15) is 6.79 Å². The summed E-state index contributed by atoms with van der Waals surface area (Å²) in [6.45, 7) is 10.3. The van der Waals surface area contributed by atoms with E-state index in [1.165, 1.54) is 0 Å². The lowest BCUT2D eigenvalue weighted by Crippen LogP contribution is -2.35. The molecule has 0 unspecified atom stereocenters. The zero-order valence-corrected chi connectivity index (χ0v) is 23.4. The molecule has 0 aliphatic rings. The third-order valence-electron chi connectivity index (χ3n) is 4.58. The topological polar surface area (TPSA) is 190 Å². The second kappa shape index (κ2) is 30.8. The van der Waals surface area contributed by atoms with Gasteiger partial charge in [0.25, 0.3) is 0 Å². The summed E-state index contributed by atoms with van der Waals surface area (Å²) >= 11 is 0. The molecule has 0 aliphatic carbocycles. The van der Waals surface area contributed by atoms with Gasteiger partial charge in [0.15, 0.2) is 0 Å². The van der Waals surface area contributed by atoms with Crippen LogP contribution in [0.4, 0.5) is 0 Å². The van der Waals surface area contributed by atoms with Gasteiger partial charge in [0.2, 0.25) is 0 Å². The van der Waals surface area contributed by atoms with Gasteiger partial charge >= 0.3 is 0 Å². The molecule has 0 aliphatic heterocycles. The van der Waals surface area contributed by atoms with Crippen LogP contribution in [0.3, 0.4) is 0 Å². The molecule has 16 nitrogen and oxygen atoms in total. The van der Waals surface area contributed by atoms with Crippen molar-refractivity contribution in [2.24, 2.45) is 15.6 Å². The van der Waals surface area contributed by atoms with Crippen LogP contribution in [0.15, 0.2) is 10.2 Å². The van der Waals surface area contributed by atoms with Crippen molar-refractivity contribution in [1.29, 1.82) is 0 Å². The Labute approximate surface area is 230 Å². The number of methoxy groups -OCH3 is 1. The van der Waals surface area contributed by atoms with E-state index < -0.39 is 0 Å². The first-order valence-corrected chi connectivity index (χ1v) is 12.9. The zero-order valence-electron chi connectivity index (χ0n) is 23.4. The number of hydrogen-bond donors (Lipinski definition) is 0. The van der Waals surface area contributed by atoms with E-state index in [4.69, 9.17) is 58.4 Å². The maximum absolute atomic E-state index is 8.16. The third-order valence-corrected chi connectivity index (χ3v) is 4.58. The van der Waals surface area contributed by atoms with Gasteiger partial charge < -0.3 is 47.4 Å². The molecule has 0 saturated carbocycles. The van der Waals surface area contributed by atoms with Crippen LogP contribution in [0.25, 0.3) is 20.9 Å². The molecule has 0 atom stereocenters. The zero-order chi connectivity index (χ0) is 28.5. The van der Waals surface area contributed by atoms with Crippen LogP contribution in [0.1, 0.15) is 6.92 Å². The maximum Gasteiger partial charge on any atom is 0.146 e. The molecule has 0 saturated heterocycles. The molecule has 0 fully saturated rings. The quantitative estimate of drug-likeness (QED) is 0.0384. The van der Waals surface area contributed by atoms with Crippen molar-refractivity contribution < 1.29 is 47.4 Å². The summed E-state index contributed by atoms with van der Waals surface area (Å²) in [4.78, 5) is 5.29. The second-order valence-electron chi connectivity index (χ2n) is 8.25. The van der Waals surface area contributed by atoms with Crippen molar-refractivity contribution in [2.75, 3.05) is 139 Å². The van der Waals surface area contributed by atoms with Crippen molar-refractivity contribution in [1.82, 2.24) is 0 Å². The fourth-order valence-corrected chi connectivity index (χ4v) is 2.75. The van der Waals surface area contributed by atoms with E-state index in [0.717, 1.165) is 0 Å². The Hall–Kier alpha value is -1.78. The van der Waals surface area contributed by atoms with E-state index in [-0.39, 0.29) is 12.2 Å². The maximum atomic E-state index is 8.16. The summed E-state index contributed by atoms with van der Waals surface area (Å²) in [6.07, 6.45) is 0. The first-order valence-electron chi connectivity index (χ1n) is 12.9. The summed E-state index contributed by atoms with van der Waals surface area (Å²) in [5, 5.41) is 6.75. The fraction of sp³-hybridized carbons (Fsp3) is 1.00. The molecule has 39 heavy (non-hydrogen) atoms. The molecule has 0 aromatic rings. The highest BCUT2D eigenvalue weighted by molar-refractivity contribution is 4.73. The number of rotatable bonds is 32. The molecule has 16 heteroatoms. The Balaban J connectivity index is 3.75. The second-order valence-corrected chi connectivity index (χ2v) is 8.25. The van der Waals surface area contributed by atoms with Crippen LogP contribution in [0.5, 0.6) is 0 Å². The molecule has 0 radical (unpaired) electrons. The summed E-state index contributed by atoms with van der Waals surface area (Å²) < 4.78 is 54.4. The number of hydrogen-bond acceptors (Lipinski definition) is 12. The van der Waals surface area contributed by atoms with Gasteiger partial charge in [-0.1, -0.05) is 17.2 Å². The lowest BCUT2D eigenvalue weighted by Gasteiger charge is -2.29. The van der Waals surface area contributed by atoms with Gasteiger partial charge in [-0.15, -0.1) is 0 Å². The summed E-state index contributed by atoms with van der Waals surface area (Å²) in [7, 11) is 1.57. The highest BCUT2D eigenvalue weighted by atomic mass is 16.7. The molecule has 0 spiro atoms. The average Bonchev–Trinajstić information content (AvgIpc) is 2.93. The third kappa shape index (κ3) is 29.0. The standard InChI is InChI=1S/C23H46N6O10/c1-23(21-39-22-30-2,19-37-17-15-35-13-11-33-9-7-31-5-3-26-28-24)20-38-18-16-36-14-12-34-10-8-32-6-4-27-29-25/h3-22H2,1-2H3.